The van der Waals surface area contributed by atoms with Gasteiger partial charge in [-0.3, -0.25) is 4.68 Å². The molecule has 0 aliphatic carbocycles. The van der Waals surface area contributed by atoms with Crippen molar-refractivity contribution < 1.29 is 0 Å². The maximum atomic E-state index is 6.04. The first-order valence-corrected chi connectivity index (χ1v) is 8.75. The maximum absolute atomic E-state index is 6.04. The van der Waals surface area contributed by atoms with E-state index in [0.29, 0.717) is 0 Å². The zero-order valence-corrected chi connectivity index (χ0v) is 15.1. The Morgan fingerprint density at radius 3 is 2.70 bits per heavy atom. The standard InChI is InChI=1S/C14H19BrClN3S/c1-4-9-14(15)11(19(5-2)18-9)8-10(17-3)12-6-7-13(16)20-12/h6-7,10,17H,4-5,8H2,1-3H3. The van der Waals surface area contributed by atoms with Gasteiger partial charge in [0.15, 0.2) is 0 Å². The molecule has 0 saturated heterocycles. The predicted molar refractivity (Wildman–Crippen MR) is 89.8 cm³/mol. The number of aryl methyl sites for hydroxylation is 2. The summed E-state index contributed by atoms with van der Waals surface area (Å²) in [6.07, 6.45) is 1.84. The van der Waals surface area contributed by atoms with Crippen molar-refractivity contribution in [1.82, 2.24) is 15.1 Å². The number of thiophene rings is 1. The second-order valence-electron chi connectivity index (χ2n) is 4.56. The summed E-state index contributed by atoms with van der Waals surface area (Å²) in [6, 6.07) is 4.31. The summed E-state index contributed by atoms with van der Waals surface area (Å²) in [7, 11) is 1.99. The molecule has 0 aliphatic heterocycles. The molecule has 0 amide bonds. The third-order valence-electron chi connectivity index (χ3n) is 3.38. The van der Waals surface area contributed by atoms with Gasteiger partial charge in [0.25, 0.3) is 0 Å². The highest BCUT2D eigenvalue weighted by Gasteiger charge is 2.19. The molecule has 1 unspecified atom stereocenters. The van der Waals surface area contributed by atoms with E-state index >= 15 is 0 Å². The summed E-state index contributed by atoms with van der Waals surface area (Å²) < 4.78 is 4.06. The Kier molecular flexibility index (Phi) is 5.66. The highest BCUT2D eigenvalue weighted by Crippen LogP contribution is 2.31. The Bertz CT molecular complexity index is 579. The number of hydrogen-bond acceptors (Lipinski definition) is 3. The van der Waals surface area contributed by atoms with E-state index in [0.717, 1.165) is 33.9 Å². The van der Waals surface area contributed by atoms with Crippen molar-refractivity contribution in [3.05, 3.63) is 37.2 Å². The van der Waals surface area contributed by atoms with Crippen LogP contribution in [0.15, 0.2) is 16.6 Å². The molecule has 1 atom stereocenters. The van der Waals surface area contributed by atoms with Gasteiger partial charge in [0.05, 0.1) is 20.2 Å². The lowest BCUT2D eigenvalue weighted by atomic mass is 10.1. The second-order valence-corrected chi connectivity index (χ2v) is 7.10. The molecule has 2 aromatic rings. The van der Waals surface area contributed by atoms with Crippen LogP contribution in [0.4, 0.5) is 0 Å². The SMILES string of the molecule is CCc1nn(CC)c(CC(NC)c2ccc(Cl)s2)c1Br. The average Bonchev–Trinajstić information content (AvgIpc) is 3.00. The third kappa shape index (κ3) is 3.27. The molecule has 3 nitrogen and oxygen atoms in total. The molecule has 0 saturated carbocycles. The maximum Gasteiger partial charge on any atom is 0.0931 e. The van der Waals surface area contributed by atoms with Crippen molar-refractivity contribution in [3.8, 4) is 0 Å². The third-order valence-corrected chi connectivity index (χ3v) is 5.64. The van der Waals surface area contributed by atoms with E-state index in [1.807, 2.05) is 13.1 Å². The molecule has 0 spiro atoms. The van der Waals surface area contributed by atoms with Gasteiger partial charge in [0, 0.05) is 23.9 Å². The van der Waals surface area contributed by atoms with Crippen LogP contribution in [0.25, 0.3) is 0 Å². The Morgan fingerprint density at radius 2 is 2.20 bits per heavy atom. The van der Waals surface area contributed by atoms with E-state index in [-0.39, 0.29) is 6.04 Å². The van der Waals surface area contributed by atoms with Crippen LogP contribution >= 0.6 is 38.9 Å². The van der Waals surface area contributed by atoms with Crippen LogP contribution in [0.2, 0.25) is 4.34 Å². The van der Waals surface area contributed by atoms with Gasteiger partial charge < -0.3 is 5.32 Å². The molecule has 2 rings (SSSR count). The lowest BCUT2D eigenvalue weighted by Gasteiger charge is -2.15. The fourth-order valence-electron chi connectivity index (χ4n) is 2.27. The molecule has 0 bridgehead atoms. The molecular formula is C14H19BrClN3S. The second kappa shape index (κ2) is 7.07. The van der Waals surface area contributed by atoms with Crippen LogP contribution in [-0.2, 0) is 19.4 Å². The molecule has 2 heterocycles. The minimum Gasteiger partial charge on any atom is -0.312 e. The number of nitrogens with one attached hydrogen (secondary N) is 1. The lowest BCUT2D eigenvalue weighted by molar-refractivity contribution is 0.545. The number of aromatic nitrogens is 2. The average molecular weight is 377 g/mol. The highest BCUT2D eigenvalue weighted by atomic mass is 79.9. The van der Waals surface area contributed by atoms with Crippen molar-refractivity contribution >= 4 is 38.9 Å². The van der Waals surface area contributed by atoms with Crippen molar-refractivity contribution in [2.45, 2.75) is 39.3 Å². The predicted octanol–water partition coefficient (Wildman–Crippen LogP) is 4.45. The van der Waals surface area contributed by atoms with Crippen LogP contribution in [0, 0.1) is 0 Å². The number of rotatable bonds is 6. The molecule has 0 fully saturated rings. The molecule has 20 heavy (non-hydrogen) atoms. The normalized spacial score (nSPS) is 12.8. The van der Waals surface area contributed by atoms with E-state index in [4.69, 9.17) is 11.6 Å². The van der Waals surface area contributed by atoms with Crippen molar-refractivity contribution in [2.24, 2.45) is 0 Å². The molecular weight excluding hydrogens is 358 g/mol. The molecule has 0 aliphatic rings. The lowest BCUT2D eigenvalue weighted by Crippen LogP contribution is -2.19. The van der Waals surface area contributed by atoms with Crippen LogP contribution in [0.3, 0.4) is 0 Å². The zero-order chi connectivity index (χ0) is 14.7. The molecule has 6 heteroatoms. The smallest absolute Gasteiger partial charge is 0.0931 e. The molecule has 0 aromatic carbocycles. The molecule has 110 valence electrons. The van der Waals surface area contributed by atoms with E-state index < -0.39 is 0 Å². The largest absolute Gasteiger partial charge is 0.312 e. The Labute approximate surface area is 137 Å². The van der Waals surface area contributed by atoms with E-state index in [2.05, 4.69) is 50.9 Å². The fraction of sp³-hybridized carbons (Fsp3) is 0.500. The Morgan fingerprint density at radius 1 is 1.45 bits per heavy atom. The van der Waals surface area contributed by atoms with Crippen molar-refractivity contribution in [2.75, 3.05) is 7.05 Å². The Balaban J connectivity index is 2.29. The fourth-order valence-corrected chi connectivity index (χ4v) is 4.16. The zero-order valence-electron chi connectivity index (χ0n) is 11.9. The van der Waals surface area contributed by atoms with E-state index in [1.165, 1.54) is 10.6 Å². The minimum absolute atomic E-state index is 0.260. The monoisotopic (exact) mass is 375 g/mol. The first-order chi connectivity index (χ1) is 9.60. The Hall–Kier alpha value is -0.360. The van der Waals surface area contributed by atoms with Gasteiger partial charge >= 0.3 is 0 Å². The van der Waals surface area contributed by atoms with Gasteiger partial charge in [-0.05, 0) is 48.5 Å². The minimum atomic E-state index is 0.260. The van der Waals surface area contributed by atoms with Gasteiger partial charge in [-0.15, -0.1) is 11.3 Å². The van der Waals surface area contributed by atoms with E-state index in [9.17, 15) is 0 Å². The number of nitrogens with zero attached hydrogens (tertiary/aromatic N) is 2. The molecule has 1 N–H and O–H groups in total. The summed E-state index contributed by atoms with van der Waals surface area (Å²) in [5.41, 5.74) is 2.37. The number of hydrogen-bond donors (Lipinski definition) is 1. The van der Waals surface area contributed by atoms with E-state index in [1.54, 1.807) is 11.3 Å². The first kappa shape index (κ1) is 16.0. The molecule has 0 radical (unpaired) electrons. The highest BCUT2D eigenvalue weighted by molar-refractivity contribution is 9.10. The summed E-state index contributed by atoms with van der Waals surface area (Å²) in [5, 5.41) is 8.03. The van der Waals surface area contributed by atoms with Crippen LogP contribution in [0.1, 0.15) is 36.2 Å². The van der Waals surface area contributed by atoms with Crippen LogP contribution < -0.4 is 5.32 Å². The topological polar surface area (TPSA) is 29.9 Å². The van der Waals surface area contributed by atoms with Gasteiger partial charge in [0.2, 0.25) is 0 Å². The van der Waals surface area contributed by atoms with Gasteiger partial charge in [-0.2, -0.15) is 5.10 Å². The summed E-state index contributed by atoms with van der Waals surface area (Å²) in [4.78, 5) is 1.26. The summed E-state index contributed by atoms with van der Waals surface area (Å²) >= 11 is 11.4. The number of halogens is 2. The van der Waals surface area contributed by atoms with Crippen molar-refractivity contribution in [3.63, 3.8) is 0 Å². The quantitative estimate of drug-likeness (QED) is 0.807. The van der Waals surface area contributed by atoms with Gasteiger partial charge in [-0.1, -0.05) is 18.5 Å². The summed E-state index contributed by atoms with van der Waals surface area (Å²) in [5.74, 6) is 0. The first-order valence-electron chi connectivity index (χ1n) is 6.77. The van der Waals surface area contributed by atoms with Gasteiger partial charge in [-0.25, -0.2) is 0 Å². The van der Waals surface area contributed by atoms with Crippen LogP contribution in [0.5, 0.6) is 0 Å². The summed E-state index contributed by atoms with van der Waals surface area (Å²) in [6.45, 7) is 5.14. The molecule has 2 aromatic heterocycles. The van der Waals surface area contributed by atoms with Crippen molar-refractivity contribution in [1.29, 1.82) is 0 Å². The van der Waals surface area contributed by atoms with Gasteiger partial charge in [0.1, 0.15) is 0 Å². The van der Waals surface area contributed by atoms with Crippen LogP contribution in [-0.4, -0.2) is 16.8 Å². The number of likely N-dealkylation sites (N-methyl/N-ethyl adjacent to an activating group) is 1.